The molecule has 1 fully saturated rings. The Morgan fingerprint density at radius 3 is 2.71 bits per heavy atom. The standard InChI is InChI=1S/C13H21N3O/c1-11(2)16-8-5-13(14-16)9-15-6-3-12(10-17)4-7-15/h5,8,10-12H,3-4,6-7,9H2,1-2H3. The molecule has 17 heavy (non-hydrogen) atoms. The average molecular weight is 235 g/mol. The van der Waals surface area contributed by atoms with Crippen LogP contribution in [-0.2, 0) is 11.3 Å². The summed E-state index contributed by atoms with van der Waals surface area (Å²) in [6.07, 6.45) is 5.13. The van der Waals surface area contributed by atoms with Gasteiger partial charge in [0, 0.05) is 24.7 Å². The van der Waals surface area contributed by atoms with Crippen molar-refractivity contribution in [2.45, 2.75) is 39.3 Å². The number of piperidine rings is 1. The molecule has 4 nitrogen and oxygen atoms in total. The molecule has 0 aliphatic carbocycles. The van der Waals surface area contributed by atoms with Gasteiger partial charge in [-0.25, -0.2) is 0 Å². The van der Waals surface area contributed by atoms with E-state index >= 15 is 0 Å². The summed E-state index contributed by atoms with van der Waals surface area (Å²) >= 11 is 0. The van der Waals surface area contributed by atoms with Crippen molar-refractivity contribution in [2.75, 3.05) is 13.1 Å². The molecule has 1 saturated heterocycles. The van der Waals surface area contributed by atoms with Gasteiger partial charge in [-0.1, -0.05) is 0 Å². The quantitative estimate of drug-likeness (QED) is 0.748. The minimum atomic E-state index is 0.277. The molecule has 0 aromatic carbocycles. The highest BCUT2D eigenvalue weighted by Gasteiger charge is 2.19. The van der Waals surface area contributed by atoms with Gasteiger partial charge in [0.2, 0.25) is 0 Å². The maximum Gasteiger partial charge on any atom is 0.123 e. The lowest BCUT2D eigenvalue weighted by Crippen LogP contribution is -2.33. The van der Waals surface area contributed by atoms with Gasteiger partial charge in [-0.05, 0) is 45.8 Å². The van der Waals surface area contributed by atoms with Crippen molar-refractivity contribution in [1.82, 2.24) is 14.7 Å². The maximum atomic E-state index is 10.7. The van der Waals surface area contributed by atoms with Crippen molar-refractivity contribution in [3.63, 3.8) is 0 Å². The number of aromatic nitrogens is 2. The van der Waals surface area contributed by atoms with Gasteiger partial charge in [-0.15, -0.1) is 0 Å². The largest absolute Gasteiger partial charge is 0.303 e. The van der Waals surface area contributed by atoms with Crippen LogP contribution in [0.3, 0.4) is 0 Å². The van der Waals surface area contributed by atoms with Gasteiger partial charge in [0.1, 0.15) is 6.29 Å². The fraction of sp³-hybridized carbons (Fsp3) is 0.692. The van der Waals surface area contributed by atoms with Crippen LogP contribution < -0.4 is 0 Å². The molecule has 0 radical (unpaired) electrons. The van der Waals surface area contributed by atoms with Gasteiger partial charge in [0.05, 0.1) is 5.69 Å². The summed E-state index contributed by atoms with van der Waals surface area (Å²) < 4.78 is 1.99. The van der Waals surface area contributed by atoms with Crippen LogP contribution in [0.1, 0.15) is 38.4 Å². The summed E-state index contributed by atoms with van der Waals surface area (Å²) in [7, 11) is 0. The third-order valence-electron chi connectivity index (χ3n) is 3.40. The predicted molar refractivity (Wildman–Crippen MR) is 66.7 cm³/mol. The normalized spacial score (nSPS) is 18.8. The molecule has 0 amide bonds. The van der Waals surface area contributed by atoms with Gasteiger partial charge in [0.25, 0.3) is 0 Å². The zero-order valence-electron chi connectivity index (χ0n) is 10.7. The topological polar surface area (TPSA) is 38.1 Å². The molecule has 94 valence electrons. The van der Waals surface area contributed by atoms with E-state index in [1.807, 2.05) is 10.9 Å². The van der Waals surface area contributed by atoms with Crippen molar-refractivity contribution in [1.29, 1.82) is 0 Å². The SMILES string of the molecule is CC(C)n1ccc(CN2CCC(C=O)CC2)n1. The van der Waals surface area contributed by atoms with Gasteiger partial charge < -0.3 is 4.79 Å². The Morgan fingerprint density at radius 2 is 2.18 bits per heavy atom. The molecule has 1 aromatic rings. The molecular formula is C13H21N3O. The third kappa shape index (κ3) is 3.16. The number of aldehydes is 1. The van der Waals surface area contributed by atoms with E-state index in [0.717, 1.165) is 44.5 Å². The van der Waals surface area contributed by atoms with E-state index < -0.39 is 0 Å². The van der Waals surface area contributed by atoms with Gasteiger partial charge >= 0.3 is 0 Å². The molecule has 0 saturated carbocycles. The monoisotopic (exact) mass is 235 g/mol. The fourth-order valence-electron chi connectivity index (χ4n) is 2.23. The number of rotatable bonds is 4. The molecule has 0 bridgehead atoms. The lowest BCUT2D eigenvalue weighted by Gasteiger charge is -2.28. The van der Waals surface area contributed by atoms with Crippen LogP contribution >= 0.6 is 0 Å². The Kier molecular flexibility index (Phi) is 3.94. The number of likely N-dealkylation sites (tertiary alicyclic amines) is 1. The first-order valence-electron chi connectivity index (χ1n) is 6.40. The van der Waals surface area contributed by atoms with Crippen LogP contribution in [0.25, 0.3) is 0 Å². The molecule has 0 N–H and O–H groups in total. The number of hydrogen-bond acceptors (Lipinski definition) is 3. The van der Waals surface area contributed by atoms with Crippen LogP contribution in [-0.4, -0.2) is 34.1 Å². The van der Waals surface area contributed by atoms with Crippen LogP contribution in [0.5, 0.6) is 0 Å². The zero-order valence-corrected chi connectivity index (χ0v) is 10.7. The van der Waals surface area contributed by atoms with Gasteiger partial charge in [-0.3, -0.25) is 9.58 Å². The van der Waals surface area contributed by atoms with Gasteiger partial charge in [0.15, 0.2) is 0 Å². The summed E-state index contributed by atoms with van der Waals surface area (Å²) in [5, 5.41) is 4.55. The molecule has 0 unspecified atom stereocenters. The summed E-state index contributed by atoms with van der Waals surface area (Å²) in [4.78, 5) is 13.1. The first-order chi connectivity index (χ1) is 8.19. The maximum absolute atomic E-state index is 10.7. The summed E-state index contributed by atoms with van der Waals surface area (Å²) in [6.45, 7) is 7.19. The highest BCUT2D eigenvalue weighted by molar-refractivity contribution is 5.53. The van der Waals surface area contributed by atoms with E-state index in [1.54, 1.807) is 0 Å². The van der Waals surface area contributed by atoms with Crippen molar-refractivity contribution in [2.24, 2.45) is 5.92 Å². The molecular weight excluding hydrogens is 214 g/mol. The Balaban J connectivity index is 1.86. The molecule has 1 aliphatic rings. The second-order valence-electron chi connectivity index (χ2n) is 5.13. The smallest absolute Gasteiger partial charge is 0.123 e. The van der Waals surface area contributed by atoms with Gasteiger partial charge in [-0.2, -0.15) is 5.10 Å². The Hall–Kier alpha value is -1.16. The number of hydrogen-bond donors (Lipinski definition) is 0. The van der Waals surface area contributed by atoms with E-state index in [0.29, 0.717) is 6.04 Å². The minimum Gasteiger partial charge on any atom is -0.303 e. The number of carbonyl (C=O) groups is 1. The van der Waals surface area contributed by atoms with E-state index in [1.165, 1.54) is 0 Å². The minimum absolute atomic E-state index is 0.277. The molecule has 1 aliphatic heterocycles. The van der Waals surface area contributed by atoms with Crippen molar-refractivity contribution < 1.29 is 4.79 Å². The second-order valence-corrected chi connectivity index (χ2v) is 5.13. The molecule has 0 spiro atoms. The zero-order chi connectivity index (χ0) is 12.3. The van der Waals surface area contributed by atoms with E-state index in [2.05, 4.69) is 29.9 Å². The highest BCUT2D eigenvalue weighted by atomic mass is 16.1. The highest BCUT2D eigenvalue weighted by Crippen LogP contribution is 2.17. The summed E-state index contributed by atoms with van der Waals surface area (Å²) in [5.74, 6) is 0.277. The Labute approximate surface area is 103 Å². The Morgan fingerprint density at radius 1 is 1.47 bits per heavy atom. The van der Waals surface area contributed by atoms with E-state index in [4.69, 9.17) is 0 Å². The molecule has 2 rings (SSSR count). The summed E-state index contributed by atoms with van der Waals surface area (Å²) in [5.41, 5.74) is 1.13. The molecule has 2 heterocycles. The number of nitrogens with zero attached hydrogens (tertiary/aromatic N) is 3. The van der Waals surface area contributed by atoms with Crippen molar-refractivity contribution >= 4 is 6.29 Å². The average Bonchev–Trinajstić information content (AvgIpc) is 2.79. The third-order valence-corrected chi connectivity index (χ3v) is 3.40. The van der Waals surface area contributed by atoms with Crippen LogP contribution in [0.15, 0.2) is 12.3 Å². The van der Waals surface area contributed by atoms with Crippen LogP contribution in [0, 0.1) is 5.92 Å². The predicted octanol–water partition coefficient (Wildman–Crippen LogP) is 1.87. The van der Waals surface area contributed by atoms with Crippen molar-refractivity contribution in [3.8, 4) is 0 Å². The number of carbonyl (C=O) groups excluding carboxylic acids is 1. The van der Waals surface area contributed by atoms with E-state index in [9.17, 15) is 4.79 Å². The first-order valence-corrected chi connectivity index (χ1v) is 6.40. The fourth-order valence-corrected chi connectivity index (χ4v) is 2.23. The van der Waals surface area contributed by atoms with E-state index in [-0.39, 0.29) is 5.92 Å². The molecule has 1 aromatic heterocycles. The Bertz CT molecular complexity index is 364. The van der Waals surface area contributed by atoms with Crippen LogP contribution in [0.2, 0.25) is 0 Å². The molecule has 0 atom stereocenters. The lowest BCUT2D eigenvalue weighted by atomic mass is 9.98. The second kappa shape index (κ2) is 5.45. The van der Waals surface area contributed by atoms with Crippen molar-refractivity contribution in [3.05, 3.63) is 18.0 Å². The first kappa shape index (κ1) is 12.3. The summed E-state index contributed by atoms with van der Waals surface area (Å²) in [6, 6.07) is 2.51. The van der Waals surface area contributed by atoms with Crippen LogP contribution in [0.4, 0.5) is 0 Å². The molecule has 4 heteroatoms. The lowest BCUT2D eigenvalue weighted by molar-refractivity contribution is -0.112.